The van der Waals surface area contributed by atoms with E-state index in [2.05, 4.69) is 0 Å². The average molecular weight is 306 g/mol. The molecule has 0 spiro atoms. The van der Waals surface area contributed by atoms with Crippen molar-refractivity contribution >= 4 is 21.4 Å². The van der Waals surface area contributed by atoms with Crippen molar-refractivity contribution in [1.82, 2.24) is 0 Å². The molecule has 21 heavy (non-hydrogen) atoms. The number of benzene rings is 2. The Labute approximate surface area is 123 Å². The molecule has 0 radical (unpaired) electrons. The summed E-state index contributed by atoms with van der Waals surface area (Å²) in [6, 6.07) is 11.2. The molecule has 0 unspecified atom stereocenters. The highest BCUT2D eigenvalue weighted by molar-refractivity contribution is 7.93. The summed E-state index contributed by atoms with van der Waals surface area (Å²) in [5.41, 5.74) is 7.17. The highest BCUT2D eigenvalue weighted by atomic mass is 32.2. The van der Waals surface area contributed by atoms with Crippen molar-refractivity contribution in [2.75, 3.05) is 16.6 Å². The van der Waals surface area contributed by atoms with Gasteiger partial charge in [-0.3, -0.25) is 4.31 Å². The summed E-state index contributed by atoms with van der Waals surface area (Å²) in [6.45, 7) is 0.327. The van der Waals surface area contributed by atoms with Crippen molar-refractivity contribution in [2.24, 2.45) is 0 Å². The molecule has 0 saturated carbocycles. The van der Waals surface area contributed by atoms with Gasteiger partial charge in [0.05, 0.1) is 11.4 Å². The van der Waals surface area contributed by atoms with E-state index in [1.54, 1.807) is 12.1 Å². The maximum absolute atomic E-state index is 14.0. The van der Waals surface area contributed by atoms with Gasteiger partial charge in [-0.25, -0.2) is 12.8 Å². The lowest BCUT2D eigenvalue weighted by Gasteiger charge is -2.30. The van der Waals surface area contributed by atoms with Gasteiger partial charge in [-0.05, 0) is 36.6 Å². The SMILES string of the molecule is Nc1cccc(F)c1S(=O)(=O)N1CCCc2ccccc21. The van der Waals surface area contributed by atoms with Gasteiger partial charge in [0.2, 0.25) is 0 Å². The van der Waals surface area contributed by atoms with Crippen molar-refractivity contribution < 1.29 is 12.8 Å². The maximum atomic E-state index is 14.0. The maximum Gasteiger partial charge on any atom is 0.269 e. The predicted octanol–water partition coefficient (Wildman–Crippen LogP) is 2.55. The molecule has 0 bridgehead atoms. The van der Waals surface area contributed by atoms with Crippen LogP contribution in [0.3, 0.4) is 0 Å². The standard InChI is InChI=1S/C15H15FN2O2S/c16-12-7-3-8-13(17)15(12)21(19,20)18-10-4-6-11-5-1-2-9-14(11)18/h1-3,5,7-9H,4,6,10,17H2. The zero-order valence-electron chi connectivity index (χ0n) is 11.3. The molecule has 2 N–H and O–H groups in total. The van der Waals surface area contributed by atoms with E-state index in [-0.39, 0.29) is 5.69 Å². The number of sulfonamides is 1. The predicted molar refractivity (Wildman–Crippen MR) is 80.1 cm³/mol. The van der Waals surface area contributed by atoms with Crippen molar-refractivity contribution in [3.8, 4) is 0 Å². The molecule has 110 valence electrons. The minimum atomic E-state index is -4.00. The smallest absolute Gasteiger partial charge is 0.269 e. The fourth-order valence-electron chi connectivity index (χ4n) is 2.66. The monoisotopic (exact) mass is 306 g/mol. The van der Waals surface area contributed by atoms with E-state index in [0.29, 0.717) is 18.7 Å². The molecule has 0 aromatic heterocycles. The Morgan fingerprint density at radius 2 is 1.86 bits per heavy atom. The molecule has 4 nitrogen and oxygen atoms in total. The Bertz CT molecular complexity index is 770. The summed E-state index contributed by atoms with van der Waals surface area (Å²) < 4.78 is 40.8. The second kappa shape index (κ2) is 5.04. The van der Waals surface area contributed by atoms with Crippen molar-refractivity contribution in [2.45, 2.75) is 17.7 Å². The third-order valence-electron chi connectivity index (χ3n) is 3.61. The number of nitrogen functional groups attached to an aromatic ring is 1. The fourth-order valence-corrected chi connectivity index (χ4v) is 4.36. The number of nitrogens with zero attached hydrogens (tertiary/aromatic N) is 1. The van der Waals surface area contributed by atoms with E-state index in [1.807, 2.05) is 12.1 Å². The summed E-state index contributed by atoms with van der Waals surface area (Å²) in [4.78, 5) is -0.443. The highest BCUT2D eigenvalue weighted by Gasteiger charge is 2.32. The van der Waals surface area contributed by atoms with E-state index in [1.165, 1.54) is 16.4 Å². The molecule has 0 saturated heterocycles. The van der Waals surface area contributed by atoms with Gasteiger partial charge >= 0.3 is 0 Å². The van der Waals surface area contributed by atoms with Gasteiger partial charge in [-0.15, -0.1) is 0 Å². The second-order valence-electron chi connectivity index (χ2n) is 4.97. The summed E-state index contributed by atoms with van der Waals surface area (Å²) in [5.74, 6) is -0.821. The first-order chi connectivity index (χ1) is 10.0. The summed E-state index contributed by atoms with van der Waals surface area (Å²) in [6.07, 6.45) is 1.51. The molecule has 2 aromatic carbocycles. The van der Waals surface area contributed by atoms with Gasteiger partial charge in [0, 0.05) is 6.54 Å². The number of rotatable bonds is 2. The lowest BCUT2D eigenvalue weighted by Crippen LogP contribution is -2.36. The zero-order valence-corrected chi connectivity index (χ0v) is 12.1. The zero-order chi connectivity index (χ0) is 15.0. The van der Waals surface area contributed by atoms with Gasteiger partial charge in [0.15, 0.2) is 0 Å². The molecular formula is C15H15FN2O2S. The molecule has 3 rings (SSSR count). The number of para-hydroxylation sites is 1. The van der Waals surface area contributed by atoms with Crippen LogP contribution in [-0.4, -0.2) is 15.0 Å². The minimum Gasteiger partial charge on any atom is -0.398 e. The fraction of sp³-hybridized carbons (Fsp3) is 0.200. The summed E-state index contributed by atoms with van der Waals surface area (Å²) in [5, 5.41) is 0. The number of hydrogen-bond acceptors (Lipinski definition) is 3. The van der Waals surface area contributed by atoms with Crippen LogP contribution in [0.1, 0.15) is 12.0 Å². The number of nitrogens with two attached hydrogens (primary N) is 1. The Morgan fingerprint density at radius 1 is 1.10 bits per heavy atom. The van der Waals surface area contributed by atoms with Crippen LogP contribution in [0.25, 0.3) is 0 Å². The number of anilines is 2. The van der Waals surface area contributed by atoms with Crippen LogP contribution < -0.4 is 10.0 Å². The van der Waals surface area contributed by atoms with Gasteiger partial charge in [-0.1, -0.05) is 24.3 Å². The van der Waals surface area contributed by atoms with Crippen LogP contribution in [0, 0.1) is 5.82 Å². The van der Waals surface area contributed by atoms with Gasteiger partial charge in [0.25, 0.3) is 10.0 Å². The molecular weight excluding hydrogens is 291 g/mol. The van der Waals surface area contributed by atoms with E-state index in [9.17, 15) is 12.8 Å². The van der Waals surface area contributed by atoms with E-state index in [4.69, 9.17) is 5.73 Å². The van der Waals surface area contributed by atoms with Crippen LogP contribution in [0.5, 0.6) is 0 Å². The first-order valence-electron chi connectivity index (χ1n) is 6.66. The summed E-state index contributed by atoms with van der Waals surface area (Å²) >= 11 is 0. The number of halogens is 1. The molecule has 0 atom stereocenters. The highest BCUT2D eigenvalue weighted by Crippen LogP contribution is 2.34. The van der Waals surface area contributed by atoms with Crippen LogP contribution in [0.2, 0.25) is 0 Å². The van der Waals surface area contributed by atoms with Crippen molar-refractivity contribution in [1.29, 1.82) is 0 Å². The molecule has 0 fully saturated rings. The van der Waals surface area contributed by atoms with Crippen molar-refractivity contribution in [3.63, 3.8) is 0 Å². The van der Waals surface area contributed by atoms with E-state index < -0.39 is 20.7 Å². The van der Waals surface area contributed by atoms with Gasteiger partial charge < -0.3 is 5.73 Å². The molecule has 6 heteroatoms. The van der Waals surface area contributed by atoms with E-state index >= 15 is 0 Å². The van der Waals surface area contributed by atoms with Gasteiger partial charge in [-0.2, -0.15) is 0 Å². The van der Waals surface area contributed by atoms with Crippen molar-refractivity contribution in [3.05, 3.63) is 53.8 Å². The largest absolute Gasteiger partial charge is 0.398 e. The third kappa shape index (κ3) is 2.25. The molecule has 2 aromatic rings. The molecule has 1 aliphatic heterocycles. The quantitative estimate of drug-likeness (QED) is 0.867. The molecule has 1 heterocycles. The number of aryl methyl sites for hydroxylation is 1. The lowest BCUT2D eigenvalue weighted by molar-refractivity contribution is 0.562. The number of fused-ring (bicyclic) bond motifs is 1. The van der Waals surface area contributed by atoms with Crippen LogP contribution >= 0.6 is 0 Å². The Balaban J connectivity index is 2.17. The second-order valence-corrected chi connectivity index (χ2v) is 6.77. The van der Waals surface area contributed by atoms with E-state index in [0.717, 1.165) is 18.1 Å². The van der Waals surface area contributed by atoms with Crippen LogP contribution in [0.15, 0.2) is 47.4 Å². The minimum absolute atomic E-state index is 0.0712. The van der Waals surface area contributed by atoms with Crippen LogP contribution in [0.4, 0.5) is 15.8 Å². The Kier molecular flexibility index (Phi) is 3.33. The Morgan fingerprint density at radius 3 is 2.62 bits per heavy atom. The van der Waals surface area contributed by atoms with Gasteiger partial charge in [0.1, 0.15) is 10.7 Å². The third-order valence-corrected chi connectivity index (χ3v) is 5.52. The number of hydrogen-bond donors (Lipinski definition) is 1. The normalized spacial score (nSPS) is 14.8. The molecule has 0 amide bonds. The van der Waals surface area contributed by atoms with Crippen LogP contribution in [-0.2, 0) is 16.4 Å². The average Bonchev–Trinajstić information content (AvgIpc) is 2.46. The lowest BCUT2D eigenvalue weighted by atomic mass is 10.0. The molecule has 0 aliphatic carbocycles. The first-order valence-corrected chi connectivity index (χ1v) is 8.10. The Hall–Kier alpha value is -2.08. The first kappa shape index (κ1) is 13.9. The molecule has 1 aliphatic rings. The topological polar surface area (TPSA) is 63.4 Å². The summed E-state index contributed by atoms with van der Waals surface area (Å²) in [7, 11) is -4.00.